The van der Waals surface area contributed by atoms with Crippen LogP contribution in [-0.4, -0.2) is 52.5 Å². The summed E-state index contributed by atoms with van der Waals surface area (Å²) in [4.78, 5) is 31.9. The highest BCUT2D eigenvalue weighted by molar-refractivity contribution is 6.46. The fourth-order valence-electron chi connectivity index (χ4n) is 3.93. The van der Waals surface area contributed by atoms with E-state index >= 15 is 0 Å². The summed E-state index contributed by atoms with van der Waals surface area (Å²) in [6, 6.07) is 9.82. The molecule has 1 aromatic heterocycles. The molecule has 7 nitrogen and oxygen atoms in total. The fourth-order valence-corrected chi connectivity index (χ4v) is 3.93. The lowest BCUT2D eigenvalue weighted by Crippen LogP contribution is -2.33. The Morgan fingerprint density at radius 2 is 1.91 bits per heavy atom. The Hall–Kier alpha value is -3.19. The number of aliphatic hydroxyl groups is 1. The number of benzene rings is 1. The van der Waals surface area contributed by atoms with Gasteiger partial charge in [0.05, 0.1) is 30.6 Å². The highest BCUT2D eigenvalue weighted by Gasteiger charge is 2.46. The maximum absolute atomic E-state index is 13.1. The number of carbonyl (C=O) groups is 2. The first-order valence-corrected chi connectivity index (χ1v) is 11.3. The van der Waals surface area contributed by atoms with Gasteiger partial charge in [0.15, 0.2) is 0 Å². The zero-order chi connectivity index (χ0) is 24.1. The third kappa shape index (κ3) is 5.25. The number of pyridine rings is 1. The van der Waals surface area contributed by atoms with Crippen molar-refractivity contribution in [3.05, 3.63) is 65.0 Å². The van der Waals surface area contributed by atoms with E-state index < -0.39 is 17.7 Å². The number of ether oxygens (including phenoxy) is 2. The van der Waals surface area contributed by atoms with Crippen molar-refractivity contribution >= 4 is 17.4 Å². The summed E-state index contributed by atoms with van der Waals surface area (Å²) >= 11 is 0. The summed E-state index contributed by atoms with van der Waals surface area (Å²) in [6.45, 7) is 10.8. The van der Waals surface area contributed by atoms with Crippen molar-refractivity contribution in [3.8, 4) is 5.75 Å². The van der Waals surface area contributed by atoms with Gasteiger partial charge in [-0.05, 0) is 62.6 Å². The van der Waals surface area contributed by atoms with Crippen LogP contribution in [0.4, 0.5) is 0 Å². The average molecular weight is 453 g/mol. The Bertz CT molecular complexity index is 1030. The molecular weight excluding hydrogens is 420 g/mol. The molecule has 1 saturated heterocycles. The molecule has 1 unspecified atom stereocenters. The molecule has 1 aromatic carbocycles. The molecule has 0 spiro atoms. The number of ketones is 1. The lowest BCUT2D eigenvalue weighted by atomic mass is 9.94. The molecule has 2 aromatic rings. The van der Waals surface area contributed by atoms with E-state index in [0.717, 1.165) is 11.3 Å². The van der Waals surface area contributed by atoms with Crippen molar-refractivity contribution in [3.63, 3.8) is 0 Å². The van der Waals surface area contributed by atoms with Gasteiger partial charge in [0.2, 0.25) is 0 Å². The Labute approximate surface area is 195 Å². The molecule has 33 heavy (non-hydrogen) atoms. The van der Waals surface area contributed by atoms with Gasteiger partial charge in [-0.25, -0.2) is 0 Å². The zero-order valence-electron chi connectivity index (χ0n) is 19.9. The molecule has 0 aliphatic carbocycles. The number of aliphatic hydroxyl groups excluding tert-OH is 1. The van der Waals surface area contributed by atoms with Gasteiger partial charge >= 0.3 is 0 Å². The highest BCUT2D eigenvalue weighted by atomic mass is 16.5. The first-order valence-electron chi connectivity index (χ1n) is 11.3. The number of hydrogen-bond donors (Lipinski definition) is 1. The molecule has 0 saturated carbocycles. The molecule has 1 N–H and O–H groups in total. The number of hydrogen-bond acceptors (Lipinski definition) is 6. The van der Waals surface area contributed by atoms with E-state index in [1.807, 2.05) is 40.7 Å². The van der Waals surface area contributed by atoms with E-state index in [1.54, 1.807) is 36.5 Å². The fraction of sp³-hybridized carbons (Fsp3) is 0.423. The van der Waals surface area contributed by atoms with Crippen LogP contribution in [0.2, 0.25) is 0 Å². The predicted octanol–water partition coefficient (Wildman–Crippen LogP) is 4.45. The maximum atomic E-state index is 13.1. The van der Waals surface area contributed by atoms with Gasteiger partial charge in [0.1, 0.15) is 17.6 Å². The van der Waals surface area contributed by atoms with Gasteiger partial charge in [0, 0.05) is 18.3 Å². The van der Waals surface area contributed by atoms with Crippen molar-refractivity contribution in [1.29, 1.82) is 0 Å². The largest absolute Gasteiger partial charge is 0.507 e. The normalized spacial score (nSPS) is 17.9. The third-order valence-corrected chi connectivity index (χ3v) is 5.50. The average Bonchev–Trinajstić information content (AvgIpc) is 3.04. The summed E-state index contributed by atoms with van der Waals surface area (Å²) in [6.07, 6.45) is 1.60. The van der Waals surface area contributed by atoms with Gasteiger partial charge in [-0.15, -0.1) is 0 Å². The number of aromatic nitrogens is 1. The molecule has 1 aliphatic heterocycles. The van der Waals surface area contributed by atoms with E-state index in [-0.39, 0.29) is 36.5 Å². The van der Waals surface area contributed by atoms with Crippen LogP contribution < -0.4 is 4.74 Å². The van der Waals surface area contributed by atoms with Gasteiger partial charge < -0.3 is 19.5 Å². The molecule has 1 fully saturated rings. The Morgan fingerprint density at radius 1 is 1.15 bits per heavy atom. The molecule has 176 valence electrons. The predicted molar refractivity (Wildman–Crippen MR) is 126 cm³/mol. The molecule has 1 amide bonds. The molecule has 1 aliphatic rings. The summed E-state index contributed by atoms with van der Waals surface area (Å²) in [5.41, 5.74) is 1.91. The second-order valence-corrected chi connectivity index (χ2v) is 8.51. The first kappa shape index (κ1) is 24.5. The van der Waals surface area contributed by atoms with Crippen LogP contribution in [-0.2, 0) is 14.3 Å². The Morgan fingerprint density at radius 3 is 2.52 bits per heavy atom. The zero-order valence-corrected chi connectivity index (χ0v) is 19.9. The second kappa shape index (κ2) is 10.6. The van der Waals surface area contributed by atoms with Crippen LogP contribution in [0.25, 0.3) is 5.76 Å². The summed E-state index contributed by atoms with van der Waals surface area (Å²) < 4.78 is 11.3. The lowest BCUT2D eigenvalue weighted by molar-refractivity contribution is -0.140. The smallest absolute Gasteiger partial charge is 0.295 e. The van der Waals surface area contributed by atoms with Crippen molar-refractivity contribution in [2.24, 2.45) is 0 Å². The second-order valence-electron chi connectivity index (χ2n) is 8.51. The minimum atomic E-state index is -0.795. The maximum Gasteiger partial charge on any atom is 0.295 e. The molecule has 2 heterocycles. The SMILES string of the molecule is CCOc1ccc(/C(O)=C2/C(=O)C(=O)N(CCOC(C)C)C2c2ccccn2)cc1C(C)C. The summed E-state index contributed by atoms with van der Waals surface area (Å²) in [5.74, 6) is -0.749. The van der Waals surface area contributed by atoms with Gasteiger partial charge in [-0.1, -0.05) is 19.9 Å². The van der Waals surface area contributed by atoms with Gasteiger partial charge in [0.25, 0.3) is 11.7 Å². The van der Waals surface area contributed by atoms with E-state index in [1.165, 1.54) is 4.90 Å². The van der Waals surface area contributed by atoms with Crippen LogP contribution in [0, 0.1) is 0 Å². The molecular formula is C26H32N2O5. The van der Waals surface area contributed by atoms with Crippen LogP contribution in [0.15, 0.2) is 48.2 Å². The van der Waals surface area contributed by atoms with Crippen molar-refractivity contribution in [1.82, 2.24) is 9.88 Å². The molecule has 0 bridgehead atoms. The van der Waals surface area contributed by atoms with Gasteiger partial charge in [-0.2, -0.15) is 0 Å². The molecule has 0 radical (unpaired) electrons. The van der Waals surface area contributed by atoms with Crippen LogP contribution >= 0.6 is 0 Å². The summed E-state index contributed by atoms with van der Waals surface area (Å²) in [5, 5.41) is 11.3. The van der Waals surface area contributed by atoms with E-state index in [2.05, 4.69) is 4.98 Å². The van der Waals surface area contributed by atoms with E-state index in [0.29, 0.717) is 17.9 Å². The van der Waals surface area contributed by atoms with E-state index in [4.69, 9.17) is 9.47 Å². The molecule has 1 atom stereocenters. The van der Waals surface area contributed by atoms with Crippen LogP contribution in [0.3, 0.4) is 0 Å². The van der Waals surface area contributed by atoms with Crippen molar-refractivity contribution < 1.29 is 24.2 Å². The number of rotatable bonds is 9. The number of amides is 1. The minimum absolute atomic E-state index is 0.00608. The summed E-state index contributed by atoms with van der Waals surface area (Å²) in [7, 11) is 0. The topological polar surface area (TPSA) is 89.0 Å². The first-order chi connectivity index (χ1) is 15.8. The number of nitrogens with zero attached hydrogens (tertiary/aromatic N) is 2. The third-order valence-electron chi connectivity index (χ3n) is 5.50. The monoisotopic (exact) mass is 452 g/mol. The Balaban J connectivity index is 2.10. The van der Waals surface area contributed by atoms with Crippen molar-refractivity contribution in [2.45, 2.75) is 52.7 Å². The number of likely N-dealkylation sites (tertiary alicyclic amines) is 1. The van der Waals surface area contributed by atoms with Gasteiger partial charge in [-0.3, -0.25) is 14.6 Å². The van der Waals surface area contributed by atoms with Crippen LogP contribution in [0.1, 0.15) is 63.4 Å². The minimum Gasteiger partial charge on any atom is -0.507 e. The standard InChI is InChI=1S/C26H32N2O5/c1-6-32-21-11-10-18(15-19(21)16(2)3)24(29)22-23(20-9-7-8-12-27-20)28(26(31)25(22)30)13-14-33-17(4)5/h7-12,15-17,23,29H,6,13-14H2,1-5H3/b24-22-. The number of carbonyl (C=O) groups excluding carboxylic acids is 2. The highest BCUT2D eigenvalue weighted by Crippen LogP contribution is 2.39. The molecule has 7 heteroatoms. The Kier molecular flexibility index (Phi) is 7.87. The van der Waals surface area contributed by atoms with E-state index in [9.17, 15) is 14.7 Å². The quantitative estimate of drug-likeness (QED) is 0.344. The van der Waals surface area contributed by atoms with Crippen LogP contribution in [0.5, 0.6) is 5.75 Å². The molecule has 3 rings (SSSR count). The van der Waals surface area contributed by atoms with Crippen molar-refractivity contribution in [2.75, 3.05) is 19.8 Å². The number of Topliss-reactive ketones (excluding diaryl/α,β-unsaturated/α-hetero) is 1. The lowest BCUT2D eigenvalue weighted by Gasteiger charge is -2.25.